The molecule has 0 radical (unpaired) electrons. The summed E-state index contributed by atoms with van der Waals surface area (Å²) in [4.78, 5) is 22.4. The van der Waals surface area contributed by atoms with E-state index in [0.29, 0.717) is 23.9 Å². The third-order valence-electron chi connectivity index (χ3n) is 8.61. The number of rotatable bonds is 34. The highest BCUT2D eigenvalue weighted by Crippen LogP contribution is 2.43. The number of amides is 1. The van der Waals surface area contributed by atoms with Crippen LogP contribution in [0.15, 0.2) is 0 Å². The van der Waals surface area contributed by atoms with Crippen LogP contribution in [0.25, 0.3) is 0 Å². The second-order valence-electron chi connectivity index (χ2n) is 14.3. The van der Waals surface area contributed by atoms with Gasteiger partial charge in [-0.25, -0.2) is 4.57 Å². The van der Waals surface area contributed by atoms with Crippen molar-refractivity contribution in [3.63, 3.8) is 0 Å². The number of carbonyl (C=O) groups is 1. The molecule has 9 heteroatoms. The topological polar surface area (TPSA) is 105 Å². The van der Waals surface area contributed by atoms with Gasteiger partial charge in [-0.3, -0.25) is 13.8 Å². The quantitative estimate of drug-likeness (QED) is 0.0360. The Bertz CT molecular complexity index is 718. The summed E-state index contributed by atoms with van der Waals surface area (Å²) in [6.45, 7) is 4.65. The van der Waals surface area contributed by atoms with Crippen LogP contribution in [0.5, 0.6) is 0 Å². The minimum Gasteiger partial charge on any atom is -0.391 e. The van der Waals surface area contributed by atoms with E-state index in [0.717, 1.165) is 32.1 Å². The average Bonchev–Trinajstić information content (AvgIpc) is 2.98. The first-order valence-corrected chi connectivity index (χ1v) is 20.4. The van der Waals surface area contributed by atoms with Crippen LogP contribution in [-0.4, -0.2) is 73.4 Å². The molecule has 0 aromatic heterocycles. The number of unbranched alkanes of at least 4 members (excludes halogenated alkanes) is 21. The molecule has 3 unspecified atom stereocenters. The number of likely N-dealkylation sites (N-methyl/N-ethyl adjacent to an activating group) is 1. The van der Waals surface area contributed by atoms with Crippen molar-refractivity contribution in [2.75, 3.05) is 40.9 Å². The molecule has 0 rings (SSSR count). The third-order valence-corrected chi connectivity index (χ3v) is 9.59. The predicted molar refractivity (Wildman–Crippen MR) is 189 cm³/mol. The first-order valence-electron chi connectivity index (χ1n) is 18.9. The molecule has 0 fully saturated rings. The molecule has 270 valence electrons. The summed E-state index contributed by atoms with van der Waals surface area (Å²) in [7, 11) is 1.62. The van der Waals surface area contributed by atoms with Gasteiger partial charge in [0.05, 0.1) is 39.9 Å². The fraction of sp³-hybridized carbons (Fsp3) is 0.972. The van der Waals surface area contributed by atoms with Crippen LogP contribution in [0.3, 0.4) is 0 Å². The molecule has 3 N–H and O–H groups in total. The molecule has 3 atom stereocenters. The van der Waals surface area contributed by atoms with E-state index in [2.05, 4.69) is 12.2 Å². The Kier molecular flexibility index (Phi) is 29.3. The second-order valence-corrected chi connectivity index (χ2v) is 15.8. The van der Waals surface area contributed by atoms with Crippen molar-refractivity contribution in [2.45, 2.75) is 187 Å². The highest BCUT2D eigenvalue weighted by molar-refractivity contribution is 7.47. The van der Waals surface area contributed by atoms with Crippen molar-refractivity contribution in [2.24, 2.45) is 0 Å². The Hall–Kier alpha value is -0.500. The zero-order chi connectivity index (χ0) is 33.7. The number of hydrogen-bond donors (Lipinski definition) is 3. The highest BCUT2D eigenvalue weighted by Gasteiger charge is 2.28. The number of aliphatic hydroxyl groups excluding tert-OH is 1. The highest BCUT2D eigenvalue weighted by atomic mass is 31.2. The molecule has 0 bridgehead atoms. The van der Waals surface area contributed by atoms with Crippen LogP contribution in [0.1, 0.15) is 174 Å². The SMILES string of the molecule is CCCCCCCCCCCCCCCCCCCCCCCC(O)C(COP(=O)(O)OCC[N+](C)(C)C)NC(=O)CCCC. The number of hydrogen-bond acceptors (Lipinski definition) is 5. The van der Waals surface area contributed by atoms with E-state index in [1.54, 1.807) is 0 Å². The smallest absolute Gasteiger partial charge is 0.391 e. The molecule has 0 aromatic rings. The molecule has 0 saturated carbocycles. The number of quaternary nitrogens is 1. The largest absolute Gasteiger partial charge is 0.472 e. The second kappa shape index (κ2) is 29.6. The maximum atomic E-state index is 12.3. The number of aliphatic hydroxyl groups is 1. The van der Waals surface area contributed by atoms with E-state index in [-0.39, 0.29) is 19.1 Å². The van der Waals surface area contributed by atoms with Crippen LogP contribution in [0.4, 0.5) is 0 Å². The lowest BCUT2D eigenvalue weighted by atomic mass is 10.0. The first kappa shape index (κ1) is 44.5. The number of nitrogens with zero attached hydrogens (tertiary/aromatic N) is 1. The minimum atomic E-state index is -4.28. The summed E-state index contributed by atoms with van der Waals surface area (Å²) in [6.07, 6.45) is 29.5. The van der Waals surface area contributed by atoms with E-state index in [1.165, 1.54) is 116 Å². The lowest BCUT2D eigenvalue weighted by Crippen LogP contribution is -2.46. The lowest BCUT2D eigenvalue weighted by Gasteiger charge is -2.26. The molecular weight excluding hydrogens is 587 g/mol. The predicted octanol–water partition coefficient (Wildman–Crippen LogP) is 9.46. The number of carbonyl (C=O) groups excluding carboxylic acids is 1. The molecule has 0 aromatic carbocycles. The first-order chi connectivity index (χ1) is 21.5. The van der Waals surface area contributed by atoms with Crippen LogP contribution in [-0.2, 0) is 18.4 Å². The van der Waals surface area contributed by atoms with E-state index in [9.17, 15) is 19.4 Å². The molecule has 0 aliphatic carbocycles. The molecule has 0 heterocycles. The van der Waals surface area contributed by atoms with Crippen molar-refractivity contribution in [3.8, 4) is 0 Å². The summed E-state index contributed by atoms with van der Waals surface area (Å²) >= 11 is 0. The van der Waals surface area contributed by atoms with Crippen LogP contribution in [0.2, 0.25) is 0 Å². The Morgan fingerprint density at radius 3 is 1.47 bits per heavy atom. The van der Waals surface area contributed by atoms with Gasteiger partial charge in [-0.2, -0.15) is 0 Å². The van der Waals surface area contributed by atoms with Gasteiger partial charge in [0.25, 0.3) is 0 Å². The number of phosphoric ester groups is 1. The molecule has 0 aliphatic heterocycles. The molecule has 0 saturated heterocycles. The standard InChI is InChI=1S/C36H75N2O6P/c1-6-8-10-11-12-13-14-15-16-17-18-19-20-21-22-23-24-25-26-27-28-29-35(39)34(37-36(40)30-9-7-2)33-44-45(41,42)43-32-31-38(3,4)5/h34-35,39H,6-33H2,1-5H3,(H-,37,40,41,42)/p+1. The Morgan fingerprint density at radius 1 is 0.667 bits per heavy atom. The molecular formula is C36H76N2O6P+. The lowest BCUT2D eigenvalue weighted by molar-refractivity contribution is -0.870. The summed E-state index contributed by atoms with van der Waals surface area (Å²) < 4.78 is 23.2. The summed E-state index contributed by atoms with van der Waals surface area (Å²) in [5, 5.41) is 13.6. The van der Waals surface area contributed by atoms with Crippen LogP contribution in [0, 0.1) is 0 Å². The van der Waals surface area contributed by atoms with E-state index in [4.69, 9.17) is 9.05 Å². The molecule has 0 spiro atoms. The van der Waals surface area contributed by atoms with Gasteiger partial charge >= 0.3 is 7.82 Å². The van der Waals surface area contributed by atoms with Gasteiger partial charge in [-0.05, 0) is 12.8 Å². The van der Waals surface area contributed by atoms with Gasteiger partial charge < -0.3 is 19.8 Å². The van der Waals surface area contributed by atoms with Crippen molar-refractivity contribution in [1.82, 2.24) is 5.32 Å². The van der Waals surface area contributed by atoms with Gasteiger partial charge in [0.15, 0.2) is 0 Å². The molecule has 45 heavy (non-hydrogen) atoms. The maximum absolute atomic E-state index is 12.3. The molecule has 1 amide bonds. The number of phosphoric acid groups is 1. The van der Waals surface area contributed by atoms with Gasteiger partial charge in [0, 0.05) is 6.42 Å². The van der Waals surface area contributed by atoms with Crippen molar-refractivity contribution in [3.05, 3.63) is 0 Å². The van der Waals surface area contributed by atoms with E-state index >= 15 is 0 Å². The van der Waals surface area contributed by atoms with Crippen molar-refractivity contribution >= 4 is 13.7 Å². The van der Waals surface area contributed by atoms with Gasteiger partial charge in [0.2, 0.25) is 5.91 Å². The Balaban J connectivity index is 3.96. The zero-order valence-corrected chi connectivity index (χ0v) is 31.3. The monoisotopic (exact) mass is 664 g/mol. The molecule has 0 aliphatic rings. The van der Waals surface area contributed by atoms with Gasteiger partial charge in [-0.1, -0.05) is 155 Å². The fourth-order valence-corrected chi connectivity index (χ4v) is 6.23. The maximum Gasteiger partial charge on any atom is 0.472 e. The Labute approximate surface area is 279 Å². The van der Waals surface area contributed by atoms with Gasteiger partial charge in [0.1, 0.15) is 13.2 Å². The summed E-state index contributed by atoms with van der Waals surface area (Å²) in [5.74, 6) is -0.179. The van der Waals surface area contributed by atoms with Crippen molar-refractivity contribution in [1.29, 1.82) is 0 Å². The van der Waals surface area contributed by atoms with E-state index < -0.39 is 20.0 Å². The third kappa shape index (κ3) is 31.8. The fourth-order valence-electron chi connectivity index (χ4n) is 5.49. The molecule has 8 nitrogen and oxygen atoms in total. The van der Waals surface area contributed by atoms with Gasteiger partial charge in [-0.15, -0.1) is 0 Å². The van der Waals surface area contributed by atoms with Crippen LogP contribution < -0.4 is 5.32 Å². The van der Waals surface area contributed by atoms with Crippen LogP contribution >= 0.6 is 7.82 Å². The van der Waals surface area contributed by atoms with Crippen molar-refractivity contribution < 1.29 is 32.9 Å². The number of nitrogens with one attached hydrogen (secondary N) is 1. The summed E-state index contributed by atoms with van der Waals surface area (Å²) in [5.41, 5.74) is 0. The minimum absolute atomic E-state index is 0.0762. The normalized spacial score (nSPS) is 14.7. The zero-order valence-electron chi connectivity index (χ0n) is 30.4. The average molecular weight is 664 g/mol. The Morgan fingerprint density at radius 2 is 1.07 bits per heavy atom. The van der Waals surface area contributed by atoms with E-state index in [1.807, 2.05) is 28.1 Å². The summed E-state index contributed by atoms with van der Waals surface area (Å²) in [6, 6.07) is -0.748.